The van der Waals surface area contributed by atoms with Crippen molar-refractivity contribution in [1.82, 2.24) is 14.8 Å². The number of hydrogen-bond acceptors (Lipinski definition) is 2. The van der Waals surface area contributed by atoms with E-state index in [0.717, 1.165) is 44.3 Å². The lowest BCUT2D eigenvalue weighted by atomic mass is 9.95. The van der Waals surface area contributed by atoms with E-state index in [0.29, 0.717) is 5.02 Å². The van der Waals surface area contributed by atoms with Crippen molar-refractivity contribution < 1.29 is 14.3 Å². The summed E-state index contributed by atoms with van der Waals surface area (Å²) >= 11 is 6.62. The Balaban J connectivity index is 1.93. The maximum absolute atomic E-state index is 13.7. The fourth-order valence-electron chi connectivity index (χ4n) is 4.29. The first kappa shape index (κ1) is 20.3. The van der Waals surface area contributed by atoms with Crippen LogP contribution in [0.5, 0.6) is 0 Å². The van der Waals surface area contributed by atoms with Crippen molar-refractivity contribution in [2.24, 2.45) is 0 Å². The summed E-state index contributed by atoms with van der Waals surface area (Å²) in [4.78, 5) is 11.4. The lowest BCUT2D eigenvalue weighted by Crippen LogP contribution is -2.03. The molecule has 0 fully saturated rings. The summed E-state index contributed by atoms with van der Waals surface area (Å²) in [7, 11) is 0. The number of rotatable bonds is 4. The van der Waals surface area contributed by atoms with Crippen LogP contribution in [-0.4, -0.2) is 25.8 Å². The molecule has 5 rings (SSSR count). The van der Waals surface area contributed by atoms with E-state index >= 15 is 0 Å². The molecule has 2 N–H and O–H groups in total. The fourth-order valence-corrected chi connectivity index (χ4v) is 4.57. The molecule has 5 aromatic rings. The van der Waals surface area contributed by atoms with E-state index in [1.165, 1.54) is 18.2 Å². The van der Waals surface area contributed by atoms with Crippen molar-refractivity contribution in [3.8, 4) is 16.8 Å². The van der Waals surface area contributed by atoms with Gasteiger partial charge in [0.05, 0.1) is 22.8 Å². The van der Waals surface area contributed by atoms with Crippen LogP contribution < -0.4 is 0 Å². The summed E-state index contributed by atoms with van der Waals surface area (Å²) in [5.41, 5.74) is 5.42. The first-order valence-corrected chi connectivity index (χ1v) is 10.5. The number of hydrogen-bond donors (Lipinski definition) is 2. The molecule has 7 heteroatoms. The van der Waals surface area contributed by atoms with Gasteiger partial charge in [-0.15, -0.1) is 0 Å². The van der Waals surface area contributed by atoms with Gasteiger partial charge in [0, 0.05) is 38.3 Å². The third-order valence-electron chi connectivity index (χ3n) is 5.68. The zero-order valence-electron chi connectivity index (χ0n) is 17.4. The minimum atomic E-state index is -1.03. The molecule has 0 saturated carbocycles. The molecule has 0 unspecified atom stereocenters. The molecule has 0 bridgehead atoms. The number of H-pyrrole nitrogens is 1. The minimum Gasteiger partial charge on any atom is -0.478 e. The Morgan fingerprint density at radius 3 is 2.53 bits per heavy atom. The molecule has 32 heavy (non-hydrogen) atoms. The normalized spacial score (nSPS) is 11.7. The Hall–Kier alpha value is -3.64. The maximum atomic E-state index is 13.7. The highest BCUT2D eigenvalue weighted by molar-refractivity contribution is 6.34. The monoisotopic (exact) mass is 447 g/mol. The van der Waals surface area contributed by atoms with Crippen molar-refractivity contribution in [2.75, 3.05) is 0 Å². The van der Waals surface area contributed by atoms with E-state index in [1.807, 2.05) is 12.1 Å². The molecule has 0 amide bonds. The number of carboxylic acids is 1. The topological polar surface area (TPSA) is 70.9 Å². The van der Waals surface area contributed by atoms with Crippen LogP contribution in [0.1, 0.15) is 35.8 Å². The number of aromatic carboxylic acids is 1. The van der Waals surface area contributed by atoms with E-state index in [2.05, 4.69) is 28.6 Å². The van der Waals surface area contributed by atoms with Gasteiger partial charge in [-0.3, -0.25) is 5.10 Å². The van der Waals surface area contributed by atoms with Gasteiger partial charge in [0.15, 0.2) is 0 Å². The summed E-state index contributed by atoms with van der Waals surface area (Å²) in [5, 5.41) is 18.8. The number of fused-ring (bicyclic) bond motifs is 2. The summed E-state index contributed by atoms with van der Waals surface area (Å²) in [6.07, 6.45) is 1.76. The molecule has 0 aliphatic carbocycles. The molecule has 0 radical (unpaired) electrons. The van der Waals surface area contributed by atoms with Gasteiger partial charge in [-0.05, 0) is 54.4 Å². The van der Waals surface area contributed by atoms with Gasteiger partial charge in [-0.25, -0.2) is 9.18 Å². The number of aromatic nitrogens is 3. The SMILES string of the molecule is CC(C)c1c(-c2ccc(C(=O)O)cc2Cl)c2cc3[nH]ncc3cc2n1-c1ccc(F)cc1. The molecule has 0 saturated heterocycles. The number of nitrogens with zero attached hydrogens (tertiary/aromatic N) is 2. The number of carboxylic acid groups (broad SMARTS) is 1. The van der Waals surface area contributed by atoms with Gasteiger partial charge in [-0.1, -0.05) is 31.5 Å². The molecule has 0 aliphatic heterocycles. The molecule has 3 aromatic carbocycles. The van der Waals surface area contributed by atoms with Gasteiger partial charge >= 0.3 is 5.97 Å². The highest BCUT2D eigenvalue weighted by atomic mass is 35.5. The van der Waals surface area contributed by atoms with Crippen molar-refractivity contribution >= 4 is 39.4 Å². The summed E-state index contributed by atoms with van der Waals surface area (Å²) in [6.45, 7) is 4.18. The van der Waals surface area contributed by atoms with Gasteiger partial charge < -0.3 is 9.67 Å². The van der Waals surface area contributed by atoms with Crippen LogP contribution in [0.4, 0.5) is 4.39 Å². The largest absolute Gasteiger partial charge is 0.478 e. The Morgan fingerprint density at radius 2 is 1.88 bits per heavy atom. The molecular formula is C25H19ClFN3O2. The second kappa shape index (κ2) is 7.50. The van der Waals surface area contributed by atoms with Gasteiger partial charge in [0.25, 0.3) is 0 Å². The van der Waals surface area contributed by atoms with E-state index in [-0.39, 0.29) is 17.3 Å². The van der Waals surface area contributed by atoms with Crippen LogP contribution >= 0.6 is 11.6 Å². The average molecular weight is 448 g/mol. The highest BCUT2D eigenvalue weighted by Gasteiger charge is 2.24. The lowest BCUT2D eigenvalue weighted by molar-refractivity contribution is 0.0697. The Kier molecular flexibility index (Phi) is 4.75. The van der Waals surface area contributed by atoms with Crippen molar-refractivity contribution in [1.29, 1.82) is 0 Å². The molecule has 0 aliphatic rings. The van der Waals surface area contributed by atoms with Gasteiger partial charge in [0.1, 0.15) is 5.82 Å². The Bertz CT molecular complexity index is 1500. The zero-order chi connectivity index (χ0) is 22.6. The van der Waals surface area contributed by atoms with E-state index in [1.54, 1.807) is 30.5 Å². The van der Waals surface area contributed by atoms with Crippen molar-refractivity contribution in [3.63, 3.8) is 0 Å². The van der Waals surface area contributed by atoms with Crippen LogP contribution in [0, 0.1) is 5.82 Å². The van der Waals surface area contributed by atoms with Gasteiger partial charge in [-0.2, -0.15) is 5.10 Å². The zero-order valence-corrected chi connectivity index (χ0v) is 18.1. The van der Waals surface area contributed by atoms with Crippen molar-refractivity contribution in [2.45, 2.75) is 19.8 Å². The molecule has 2 heterocycles. The standard InChI is InChI=1S/C25H19ClFN3O2/c1-13(2)24-23(18-8-3-14(25(31)32)9-20(18)26)19-11-21-15(12-28-29-21)10-22(19)30(24)17-6-4-16(27)5-7-17/h3-13H,1-2H3,(H,28,29)(H,31,32). The van der Waals surface area contributed by atoms with E-state index in [9.17, 15) is 14.3 Å². The fraction of sp³-hybridized carbons (Fsp3) is 0.120. The summed E-state index contributed by atoms with van der Waals surface area (Å²) in [6, 6.07) is 15.2. The molecule has 0 atom stereocenters. The second-order valence-corrected chi connectivity index (χ2v) is 8.46. The number of nitrogens with one attached hydrogen (secondary N) is 1. The van der Waals surface area contributed by atoms with E-state index in [4.69, 9.17) is 11.6 Å². The predicted octanol–water partition coefficient (Wildman–Crippen LogP) is 6.79. The summed E-state index contributed by atoms with van der Waals surface area (Å²) < 4.78 is 15.8. The molecule has 0 spiro atoms. The number of halogens is 2. The predicted molar refractivity (Wildman–Crippen MR) is 124 cm³/mol. The molecular weight excluding hydrogens is 429 g/mol. The van der Waals surface area contributed by atoms with E-state index < -0.39 is 5.97 Å². The Labute approximate surface area is 188 Å². The number of benzene rings is 3. The average Bonchev–Trinajstić information content (AvgIpc) is 3.34. The third-order valence-corrected chi connectivity index (χ3v) is 5.99. The number of carbonyl (C=O) groups is 1. The quantitative estimate of drug-likeness (QED) is 0.318. The Morgan fingerprint density at radius 1 is 1.12 bits per heavy atom. The van der Waals surface area contributed by atoms with Crippen LogP contribution in [0.3, 0.4) is 0 Å². The second-order valence-electron chi connectivity index (χ2n) is 8.05. The van der Waals surface area contributed by atoms with Crippen LogP contribution in [0.2, 0.25) is 5.02 Å². The maximum Gasteiger partial charge on any atom is 0.335 e. The summed E-state index contributed by atoms with van der Waals surface area (Å²) in [5.74, 6) is -1.24. The molecule has 160 valence electrons. The minimum absolute atomic E-state index is 0.0918. The number of aromatic amines is 1. The molecule has 5 nitrogen and oxygen atoms in total. The smallest absolute Gasteiger partial charge is 0.335 e. The first-order chi connectivity index (χ1) is 15.3. The lowest BCUT2D eigenvalue weighted by Gasteiger charge is -2.16. The van der Waals surface area contributed by atoms with Crippen LogP contribution in [0.15, 0.2) is 60.8 Å². The van der Waals surface area contributed by atoms with Crippen LogP contribution in [0.25, 0.3) is 38.6 Å². The van der Waals surface area contributed by atoms with Crippen LogP contribution in [-0.2, 0) is 0 Å². The first-order valence-electron chi connectivity index (χ1n) is 10.2. The highest BCUT2D eigenvalue weighted by Crippen LogP contribution is 2.44. The van der Waals surface area contributed by atoms with Crippen molar-refractivity contribution in [3.05, 3.63) is 82.9 Å². The van der Waals surface area contributed by atoms with Gasteiger partial charge in [0.2, 0.25) is 0 Å². The molecule has 2 aromatic heterocycles. The third kappa shape index (κ3) is 3.15.